The van der Waals surface area contributed by atoms with E-state index < -0.39 is 43.1 Å². The van der Waals surface area contributed by atoms with Crippen molar-refractivity contribution in [3.63, 3.8) is 0 Å². The number of hydrogen-bond donors (Lipinski definition) is 4. The van der Waals surface area contributed by atoms with Crippen molar-refractivity contribution in [2.75, 3.05) is 20.8 Å². The van der Waals surface area contributed by atoms with Crippen molar-refractivity contribution >= 4 is 0 Å². The summed E-state index contributed by atoms with van der Waals surface area (Å²) in [6, 6.07) is 11.8. The number of aliphatic hydroxyl groups excluding tert-OH is 4. The van der Waals surface area contributed by atoms with Crippen molar-refractivity contribution in [2.24, 2.45) is 0 Å². The van der Waals surface area contributed by atoms with Crippen LogP contribution in [0.5, 0.6) is 17.4 Å². The summed E-state index contributed by atoms with van der Waals surface area (Å²) in [6.45, 7) is 3.22. The Balaban J connectivity index is 1.82. The van der Waals surface area contributed by atoms with Gasteiger partial charge in [-0.3, -0.25) is 4.68 Å². The molecule has 11 heteroatoms. The Kier molecular flexibility index (Phi) is 8.54. The lowest BCUT2D eigenvalue weighted by Gasteiger charge is -2.39. The van der Waals surface area contributed by atoms with Gasteiger partial charge in [0.15, 0.2) is 11.6 Å². The monoisotopic (exact) mass is 532 g/mol. The zero-order valence-corrected chi connectivity index (χ0v) is 21.6. The first-order valence-corrected chi connectivity index (χ1v) is 12.2. The van der Waals surface area contributed by atoms with Crippen molar-refractivity contribution in [1.29, 1.82) is 0 Å². The van der Waals surface area contributed by atoms with Crippen LogP contribution < -0.4 is 14.2 Å². The van der Waals surface area contributed by atoms with Gasteiger partial charge in [-0.25, -0.2) is 4.39 Å². The Labute approximate surface area is 219 Å². The fraction of sp³-hybridized carbons (Fsp3) is 0.444. The molecule has 5 atom stereocenters. The van der Waals surface area contributed by atoms with Gasteiger partial charge >= 0.3 is 0 Å². The topological polar surface area (TPSA) is 136 Å². The molecule has 0 unspecified atom stereocenters. The summed E-state index contributed by atoms with van der Waals surface area (Å²) in [5.74, 6) is 0.319. The lowest BCUT2D eigenvalue weighted by Crippen LogP contribution is -2.60. The molecule has 2 aromatic carbocycles. The van der Waals surface area contributed by atoms with E-state index in [0.29, 0.717) is 29.0 Å². The largest absolute Gasteiger partial charge is 0.497 e. The van der Waals surface area contributed by atoms with Gasteiger partial charge in [-0.1, -0.05) is 12.1 Å². The highest BCUT2D eigenvalue weighted by Crippen LogP contribution is 2.38. The summed E-state index contributed by atoms with van der Waals surface area (Å²) in [6.07, 6.45) is -7.03. The van der Waals surface area contributed by atoms with E-state index in [1.165, 1.54) is 19.2 Å². The van der Waals surface area contributed by atoms with Gasteiger partial charge in [0, 0.05) is 23.6 Å². The van der Waals surface area contributed by atoms with Crippen molar-refractivity contribution in [1.82, 2.24) is 9.78 Å². The van der Waals surface area contributed by atoms with Crippen LogP contribution in [-0.2, 0) is 11.2 Å². The van der Waals surface area contributed by atoms with Gasteiger partial charge in [-0.15, -0.1) is 5.10 Å². The molecule has 10 nitrogen and oxygen atoms in total. The summed E-state index contributed by atoms with van der Waals surface area (Å²) in [4.78, 5) is 0. The third kappa shape index (κ3) is 5.47. The van der Waals surface area contributed by atoms with Crippen LogP contribution in [0, 0.1) is 5.82 Å². The molecule has 38 heavy (non-hydrogen) atoms. The third-order valence-electron chi connectivity index (χ3n) is 6.50. The Morgan fingerprint density at radius 1 is 1.00 bits per heavy atom. The minimum absolute atomic E-state index is 0.0880. The maximum absolute atomic E-state index is 14.8. The van der Waals surface area contributed by atoms with Crippen LogP contribution in [0.3, 0.4) is 0 Å². The third-order valence-corrected chi connectivity index (χ3v) is 6.50. The molecule has 3 aromatic rings. The molecule has 4 rings (SSSR count). The molecule has 1 fully saturated rings. The van der Waals surface area contributed by atoms with Crippen LogP contribution in [-0.4, -0.2) is 81.7 Å². The van der Waals surface area contributed by atoms with E-state index in [4.69, 9.17) is 18.9 Å². The van der Waals surface area contributed by atoms with E-state index in [2.05, 4.69) is 5.10 Å². The molecule has 1 saturated heterocycles. The predicted octanol–water partition coefficient (Wildman–Crippen LogP) is 2.06. The highest BCUT2D eigenvalue weighted by molar-refractivity contribution is 5.68. The van der Waals surface area contributed by atoms with Crippen LogP contribution in [0.4, 0.5) is 4.39 Å². The molecule has 0 amide bonds. The molecule has 0 saturated carbocycles. The minimum Gasteiger partial charge on any atom is -0.497 e. The maximum atomic E-state index is 14.8. The van der Waals surface area contributed by atoms with Crippen LogP contribution in [0.15, 0.2) is 42.5 Å². The number of nitrogens with zero attached hydrogens (tertiary/aromatic N) is 2. The zero-order chi connectivity index (χ0) is 27.6. The van der Waals surface area contributed by atoms with Gasteiger partial charge in [0.25, 0.3) is 0 Å². The standard InChI is InChI=1S/C27H33FN2O8/c1-14(2)30-22(16-7-10-20(36-4)19(28)12-16)18(11-15-5-8-17(35-3)9-6-15)26(29-30)38-27-25(34)24(33)23(32)21(13-31)37-27/h5-10,12,14,21,23-25,27,31-34H,11,13H2,1-4H3/t21-,23-,24+,25-,27+/m1/s1. The first-order chi connectivity index (χ1) is 18.2. The van der Waals surface area contributed by atoms with E-state index in [0.717, 1.165) is 5.56 Å². The smallest absolute Gasteiger partial charge is 0.239 e. The van der Waals surface area contributed by atoms with Crippen LogP contribution >= 0.6 is 0 Å². The van der Waals surface area contributed by atoms with Crippen molar-refractivity contribution in [2.45, 2.75) is 57.0 Å². The van der Waals surface area contributed by atoms with Gasteiger partial charge in [0.05, 0.1) is 26.5 Å². The average Bonchev–Trinajstić information content (AvgIpc) is 3.27. The SMILES string of the molecule is COc1ccc(Cc2c(O[C@@H]3O[C@H](CO)[C@@H](O)[C@H](O)[C@H]3O)nn(C(C)C)c2-c2ccc(OC)c(F)c2)cc1. The number of aliphatic hydroxyl groups is 4. The van der Waals surface area contributed by atoms with Crippen LogP contribution in [0.1, 0.15) is 31.0 Å². The molecule has 0 bridgehead atoms. The molecular formula is C27H33FN2O8. The number of hydrogen-bond acceptors (Lipinski definition) is 9. The maximum Gasteiger partial charge on any atom is 0.239 e. The second kappa shape index (κ2) is 11.7. The molecule has 0 spiro atoms. The van der Waals surface area contributed by atoms with Gasteiger partial charge in [0.2, 0.25) is 12.2 Å². The van der Waals surface area contributed by atoms with Crippen LogP contribution in [0.25, 0.3) is 11.3 Å². The Morgan fingerprint density at radius 3 is 2.29 bits per heavy atom. The fourth-order valence-corrected chi connectivity index (χ4v) is 4.42. The number of aromatic nitrogens is 2. The van der Waals surface area contributed by atoms with E-state index >= 15 is 0 Å². The number of benzene rings is 2. The highest BCUT2D eigenvalue weighted by Gasteiger charge is 2.45. The van der Waals surface area contributed by atoms with E-state index in [1.807, 2.05) is 38.1 Å². The molecule has 206 valence electrons. The molecule has 1 aromatic heterocycles. The number of methoxy groups -OCH3 is 2. The number of rotatable bonds is 9. The quantitative estimate of drug-likeness (QED) is 0.327. The van der Waals surface area contributed by atoms with Crippen molar-refractivity contribution < 1.29 is 43.8 Å². The summed E-state index contributed by atoms with van der Waals surface area (Å²) >= 11 is 0. The van der Waals surface area contributed by atoms with Crippen molar-refractivity contribution in [3.05, 3.63) is 59.4 Å². The second-order valence-corrected chi connectivity index (χ2v) is 9.36. The molecule has 1 aliphatic heterocycles. The minimum atomic E-state index is -1.62. The summed E-state index contributed by atoms with van der Waals surface area (Å²) in [5, 5.41) is 45.2. The molecule has 2 heterocycles. The normalized spacial score (nSPS) is 23.5. The Morgan fingerprint density at radius 2 is 1.71 bits per heavy atom. The number of halogens is 1. The number of ether oxygens (including phenoxy) is 4. The van der Waals surface area contributed by atoms with Crippen molar-refractivity contribution in [3.8, 4) is 28.6 Å². The average molecular weight is 533 g/mol. The van der Waals surface area contributed by atoms with E-state index in [1.54, 1.807) is 17.9 Å². The van der Waals surface area contributed by atoms with Gasteiger partial charge in [-0.2, -0.15) is 0 Å². The molecule has 0 radical (unpaired) electrons. The Hall–Kier alpha value is -3.22. The molecular weight excluding hydrogens is 499 g/mol. The summed E-state index contributed by atoms with van der Waals surface area (Å²) in [7, 11) is 2.96. The highest BCUT2D eigenvalue weighted by atomic mass is 19.1. The van der Waals surface area contributed by atoms with Gasteiger partial charge < -0.3 is 39.4 Å². The van der Waals surface area contributed by atoms with Crippen LogP contribution in [0.2, 0.25) is 0 Å². The fourth-order valence-electron chi connectivity index (χ4n) is 4.42. The van der Waals surface area contributed by atoms with E-state index in [-0.39, 0.29) is 17.7 Å². The summed E-state index contributed by atoms with van der Waals surface area (Å²) < 4.78 is 38.4. The van der Waals surface area contributed by atoms with Gasteiger partial charge in [-0.05, 0) is 49.7 Å². The molecule has 0 aliphatic carbocycles. The zero-order valence-electron chi connectivity index (χ0n) is 21.6. The lowest BCUT2D eigenvalue weighted by atomic mass is 9.99. The Bertz CT molecular complexity index is 1230. The van der Waals surface area contributed by atoms with E-state index in [9.17, 15) is 24.8 Å². The molecule has 4 N–H and O–H groups in total. The predicted molar refractivity (Wildman–Crippen MR) is 135 cm³/mol. The first-order valence-electron chi connectivity index (χ1n) is 12.2. The first kappa shape index (κ1) is 27.8. The molecule has 1 aliphatic rings. The van der Waals surface area contributed by atoms with Gasteiger partial charge in [0.1, 0.15) is 30.2 Å². The summed E-state index contributed by atoms with van der Waals surface area (Å²) in [5.41, 5.74) is 2.56. The second-order valence-electron chi connectivity index (χ2n) is 9.36. The lowest BCUT2D eigenvalue weighted by molar-refractivity contribution is -0.278.